The molecule has 1 amide bonds. The predicted octanol–water partition coefficient (Wildman–Crippen LogP) is 3.18. The molecule has 1 aromatic carbocycles. The van der Waals surface area contributed by atoms with Crippen LogP contribution in [0.25, 0.3) is 0 Å². The lowest BCUT2D eigenvalue weighted by molar-refractivity contribution is -0.116. The van der Waals surface area contributed by atoms with E-state index >= 15 is 0 Å². The molecule has 0 radical (unpaired) electrons. The minimum atomic E-state index is -0.0104. The monoisotopic (exact) mass is 233 g/mol. The summed E-state index contributed by atoms with van der Waals surface area (Å²) in [7, 11) is 0. The topological polar surface area (TPSA) is 46.2 Å². The summed E-state index contributed by atoms with van der Waals surface area (Å²) in [6.07, 6.45) is 0.490. The number of hydrogen-bond acceptors (Lipinski definition) is 2. The van der Waals surface area contributed by atoms with E-state index < -0.39 is 0 Å². The van der Waals surface area contributed by atoms with E-state index in [1.54, 1.807) is 12.1 Å². The van der Waals surface area contributed by atoms with Crippen molar-refractivity contribution in [2.45, 2.75) is 34.1 Å². The Morgan fingerprint density at radius 2 is 1.94 bits per heavy atom. The number of Topliss-reactive ketones (excluding diaryl/α,β-unsaturated/α-hetero) is 1. The quantitative estimate of drug-likeness (QED) is 0.812. The highest BCUT2D eigenvalue weighted by molar-refractivity contribution is 5.97. The van der Waals surface area contributed by atoms with Crippen molar-refractivity contribution in [3.63, 3.8) is 0 Å². The summed E-state index contributed by atoms with van der Waals surface area (Å²) in [5.74, 6) is 0.319. The molecule has 3 heteroatoms. The maximum Gasteiger partial charge on any atom is 0.224 e. The molecule has 1 rings (SSSR count). The van der Waals surface area contributed by atoms with Crippen LogP contribution in [0.5, 0.6) is 0 Å². The van der Waals surface area contributed by atoms with Gasteiger partial charge in [-0.15, -0.1) is 0 Å². The Morgan fingerprint density at radius 3 is 2.47 bits per heavy atom. The number of benzene rings is 1. The Balaban J connectivity index is 2.86. The van der Waals surface area contributed by atoms with Crippen LogP contribution >= 0.6 is 0 Å². The molecule has 92 valence electrons. The fraction of sp³-hybridized carbons (Fsp3) is 0.429. The largest absolute Gasteiger partial charge is 0.326 e. The Bertz CT molecular complexity index is 436. The Labute approximate surface area is 102 Å². The number of aryl methyl sites for hydroxylation is 1. The molecule has 0 saturated heterocycles. The molecule has 0 spiro atoms. The second-order valence-corrected chi connectivity index (χ2v) is 4.73. The standard InChI is InChI=1S/C14H19NO2/c1-9(2)7-14(17)15-13-8-12(11(4)16)6-5-10(13)3/h5-6,8-9H,7H2,1-4H3,(H,15,17). The molecule has 0 fully saturated rings. The number of anilines is 1. The third-order valence-corrected chi connectivity index (χ3v) is 2.51. The van der Waals surface area contributed by atoms with Gasteiger partial charge in [0.1, 0.15) is 0 Å². The van der Waals surface area contributed by atoms with Gasteiger partial charge >= 0.3 is 0 Å². The molecule has 0 aliphatic carbocycles. The van der Waals surface area contributed by atoms with E-state index in [0.29, 0.717) is 17.9 Å². The zero-order valence-electron chi connectivity index (χ0n) is 10.8. The van der Waals surface area contributed by atoms with E-state index in [9.17, 15) is 9.59 Å². The van der Waals surface area contributed by atoms with Crippen LogP contribution in [0.1, 0.15) is 43.1 Å². The number of carbonyl (C=O) groups excluding carboxylic acids is 2. The van der Waals surface area contributed by atoms with Gasteiger partial charge in [-0.25, -0.2) is 0 Å². The third-order valence-electron chi connectivity index (χ3n) is 2.51. The lowest BCUT2D eigenvalue weighted by Gasteiger charge is -2.10. The molecule has 1 aromatic rings. The van der Waals surface area contributed by atoms with E-state index in [4.69, 9.17) is 0 Å². The first kappa shape index (κ1) is 13.4. The summed E-state index contributed by atoms with van der Waals surface area (Å²) in [5.41, 5.74) is 2.31. The molecule has 0 saturated carbocycles. The molecule has 0 aliphatic rings. The molecule has 0 heterocycles. The second-order valence-electron chi connectivity index (χ2n) is 4.73. The molecule has 0 aromatic heterocycles. The van der Waals surface area contributed by atoms with Crippen molar-refractivity contribution in [3.05, 3.63) is 29.3 Å². The summed E-state index contributed by atoms with van der Waals surface area (Å²) in [5, 5.41) is 2.85. The zero-order valence-corrected chi connectivity index (χ0v) is 10.8. The molecular weight excluding hydrogens is 214 g/mol. The summed E-state index contributed by atoms with van der Waals surface area (Å²) in [4.78, 5) is 22.9. The highest BCUT2D eigenvalue weighted by Crippen LogP contribution is 2.18. The van der Waals surface area contributed by atoms with Crippen molar-refractivity contribution >= 4 is 17.4 Å². The average Bonchev–Trinajstić information content (AvgIpc) is 2.19. The second kappa shape index (κ2) is 5.62. The van der Waals surface area contributed by atoms with Crippen molar-refractivity contribution in [3.8, 4) is 0 Å². The molecule has 0 unspecified atom stereocenters. The molecular formula is C14H19NO2. The van der Waals surface area contributed by atoms with E-state index in [2.05, 4.69) is 5.32 Å². The first-order valence-corrected chi connectivity index (χ1v) is 5.81. The lowest BCUT2D eigenvalue weighted by Crippen LogP contribution is -2.15. The van der Waals surface area contributed by atoms with Crippen LogP contribution in [-0.2, 0) is 4.79 Å². The van der Waals surface area contributed by atoms with E-state index in [1.165, 1.54) is 6.92 Å². The van der Waals surface area contributed by atoms with Gasteiger partial charge in [0.15, 0.2) is 5.78 Å². The fourth-order valence-electron chi connectivity index (χ4n) is 1.55. The van der Waals surface area contributed by atoms with Crippen LogP contribution in [-0.4, -0.2) is 11.7 Å². The van der Waals surface area contributed by atoms with Crippen LogP contribution in [0.15, 0.2) is 18.2 Å². The van der Waals surface area contributed by atoms with Gasteiger partial charge in [0.25, 0.3) is 0 Å². The highest BCUT2D eigenvalue weighted by Gasteiger charge is 2.08. The smallest absolute Gasteiger partial charge is 0.224 e. The lowest BCUT2D eigenvalue weighted by atomic mass is 10.1. The van der Waals surface area contributed by atoms with Crippen LogP contribution in [0, 0.1) is 12.8 Å². The van der Waals surface area contributed by atoms with Gasteiger partial charge in [0.05, 0.1) is 0 Å². The minimum Gasteiger partial charge on any atom is -0.326 e. The first-order chi connectivity index (χ1) is 7.90. The highest BCUT2D eigenvalue weighted by atomic mass is 16.1. The molecule has 0 atom stereocenters. The van der Waals surface area contributed by atoms with Gasteiger partial charge < -0.3 is 5.32 Å². The van der Waals surface area contributed by atoms with Crippen molar-refractivity contribution in [2.75, 3.05) is 5.32 Å². The number of carbonyl (C=O) groups is 2. The fourth-order valence-corrected chi connectivity index (χ4v) is 1.55. The molecule has 17 heavy (non-hydrogen) atoms. The Kier molecular flexibility index (Phi) is 4.44. The Morgan fingerprint density at radius 1 is 1.29 bits per heavy atom. The van der Waals surface area contributed by atoms with Crippen LogP contribution in [0.4, 0.5) is 5.69 Å². The summed E-state index contributed by atoms with van der Waals surface area (Å²) in [6.45, 7) is 7.43. The number of hydrogen-bond donors (Lipinski definition) is 1. The molecule has 1 N–H and O–H groups in total. The van der Waals surface area contributed by atoms with Gasteiger partial charge in [-0.1, -0.05) is 26.0 Å². The van der Waals surface area contributed by atoms with Gasteiger partial charge in [0, 0.05) is 17.7 Å². The Hall–Kier alpha value is -1.64. The summed E-state index contributed by atoms with van der Waals surface area (Å²) < 4.78 is 0. The van der Waals surface area contributed by atoms with Gasteiger partial charge in [-0.2, -0.15) is 0 Å². The van der Waals surface area contributed by atoms with Crippen molar-refractivity contribution in [1.82, 2.24) is 0 Å². The first-order valence-electron chi connectivity index (χ1n) is 5.81. The van der Waals surface area contributed by atoms with Crippen molar-refractivity contribution in [2.24, 2.45) is 5.92 Å². The van der Waals surface area contributed by atoms with Crippen molar-refractivity contribution in [1.29, 1.82) is 0 Å². The number of rotatable bonds is 4. The van der Waals surface area contributed by atoms with Gasteiger partial charge in [-0.05, 0) is 31.4 Å². The molecule has 0 bridgehead atoms. The zero-order chi connectivity index (χ0) is 13.0. The maximum atomic E-state index is 11.7. The molecule has 3 nitrogen and oxygen atoms in total. The summed E-state index contributed by atoms with van der Waals surface area (Å²) in [6, 6.07) is 5.35. The number of ketones is 1. The normalized spacial score (nSPS) is 10.4. The van der Waals surface area contributed by atoms with E-state index in [-0.39, 0.29) is 11.7 Å². The third kappa shape index (κ3) is 4.02. The number of nitrogens with one attached hydrogen (secondary N) is 1. The SMILES string of the molecule is CC(=O)c1ccc(C)c(NC(=O)CC(C)C)c1. The van der Waals surface area contributed by atoms with Gasteiger partial charge in [-0.3, -0.25) is 9.59 Å². The van der Waals surface area contributed by atoms with E-state index in [0.717, 1.165) is 11.3 Å². The summed E-state index contributed by atoms with van der Waals surface area (Å²) >= 11 is 0. The predicted molar refractivity (Wildman–Crippen MR) is 69.3 cm³/mol. The average molecular weight is 233 g/mol. The van der Waals surface area contributed by atoms with Crippen LogP contribution in [0.2, 0.25) is 0 Å². The van der Waals surface area contributed by atoms with E-state index in [1.807, 2.05) is 26.8 Å². The number of amides is 1. The van der Waals surface area contributed by atoms with Crippen LogP contribution < -0.4 is 5.32 Å². The van der Waals surface area contributed by atoms with Gasteiger partial charge in [0.2, 0.25) is 5.91 Å². The maximum absolute atomic E-state index is 11.7. The minimum absolute atomic E-state index is 0.00404. The molecule has 0 aliphatic heterocycles. The van der Waals surface area contributed by atoms with Crippen molar-refractivity contribution < 1.29 is 9.59 Å². The van der Waals surface area contributed by atoms with Crippen LogP contribution in [0.3, 0.4) is 0 Å².